The van der Waals surface area contributed by atoms with Gasteiger partial charge in [0.1, 0.15) is 5.82 Å². The van der Waals surface area contributed by atoms with Gasteiger partial charge < -0.3 is 20.6 Å². The average molecular weight is 535 g/mol. The molecule has 1 fully saturated rings. The van der Waals surface area contributed by atoms with Gasteiger partial charge in [0.25, 0.3) is 0 Å². The van der Waals surface area contributed by atoms with Crippen molar-refractivity contribution in [2.45, 2.75) is 50.6 Å². The number of aromatic hydroxyl groups is 1. The number of para-hydroxylation sites is 1. The summed E-state index contributed by atoms with van der Waals surface area (Å²) in [6.45, 7) is 3.22. The molecule has 0 spiro atoms. The molecule has 0 aliphatic heterocycles. The standard InChI is InChI=1S/C33H38N6O/c1-22(23-12-18-27(19-13-23)39-21-24-8-4-5-9-28(24)32(39)40)20-34-25-14-16-26(17-15-25)35-33-36-30-11-7-6-10-29(30)31(37-33)38(2)3/h4-13,18-19,21-22,25-26,34,40H,14-17,20H2,1-3H3,(H,35,36,37). The molecule has 3 aromatic carbocycles. The third kappa shape index (κ3) is 5.34. The van der Waals surface area contributed by atoms with Gasteiger partial charge in [-0.15, -0.1) is 0 Å². The minimum Gasteiger partial charge on any atom is -0.494 e. The van der Waals surface area contributed by atoms with E-state index in [1.807, 2.05) is 61.3 Å². The summed E-state index contributed by atoms with van der Waals surface area (Å²) in [4.78, 5) is 11.7. The van der Waals surface area contributed by atoms with E-state index >= 15 is 0 Å². The second-order valence-corrected chi connectivity index (χ2v) is 11.3. The highest BCUT2D eigenvalue weighted by Crippen LogP contribution is 2.31. The normalized spacial score (nSPS) is 18.2. The molecule has 2 heterocycles. The maximum absolute atomic E-state index is 10.7. The SMILES string of the molecule is CC(CNC1CCC(Nc2nc(N(C)C)c3ccccc3n2)CC1)c1ccc(-n2cc3ccccc3c2O)cc1. The van der Waals surface area contributed by atoms with Gasteiger partial charge in [-0.25, -0.2) is 4.98 Å². The van der Waals surface area contributed by atoms with Crippen LogP contribution in [-0.4, -0.2) is 52.4 Å². The average Bonchev–Trinajstić information content (AvgIpc) is 3.32. The predicted octanol–water partition coefficient (Wildman–Crippen LogP) is 6.46. The molecule has 7 nitrogen and oxygen atoms in total. The van der Waals surface area contributed by atoms with Crippen LogP contribution in [-0.2, 0) is 0 Å². The first-order chi connectivity index (χ1) is 19.5. The fourth-order valence-corrected chi connectivity index (χ4v) is 5.85. The summed E-state index contributed by atoms with van der Waals surface area (Å²) in [7, 11) is 4.05. The van der Waals surface area contributed by atoms with Crippen molar-refractivity contribution in [2.75, 3.05) is 30.9 Å². The van der Waals surface area contributed by atoms with Gasteiger partial charge in [0, 0.05) is 60.8 Å². The fourth-order valence-electron chi connectivity index (χ4n) is 5.85. The number of nitrogens with one attached hydrogen (secondary N) is 2. The van der Waals surface area contributed by atoms with E-state index in [-0.39, 0.29) is 5.88 Å². The lowest BCUT2D eigenvalue weighted by Gasteiger charge is -2.31. The molecule has 2 aromatic heterocycles. The quantitative estimate of drug-likeness (QED) is 0.212. The van der Waals surface area contributed by atoms with Crippen LogP contribution in [0.1, 0.15) is 44.1 Å². The Hall–Kier alpha value is -4.10. The van der Waals surface area contributed by atoms with Crippen LogP contribution in [0.2, 0.25) is 0 Å². The number of aromatic nitrogens is 3. The summed E-state index contributed by atoms with van der Waals surface area (Å²) in [5.41, 5.74) is 3.24. The molecule has 40 heavy (non-hydrogen) atoms. The first-order valence-corrected chi connectivity index (χ1v) is 14.3. The van der Waals surface area contributed by atoms with Crippen LogP contribution in [0.3, 0.4) is 0 Å². The summed E-state index contributed by atoms with van der Waals surface area (Å²) in [6.07, 6.45) is 6.46. The van der Waals surface area contributed by atoms with Gasteiger partial charge in [-0.05, 0) is 67.5 Å². The molecule has 6 rings (SSSR count). The number of rotatable bonds is 8. The summed E-state index contributed by atoms with van der Waals surface area (Å²) in [5.74, 6) is 2.35. The number of nitrogens with zero attached hydrogens (tertiary/aromatic N) is 4. The number of anilines is 2. The predicted molar refractivity (Wildman–Crippen MR) is 165 cm³/mol. The Balaban J connectivity index is 1.02. The molecule has 1 atom stereocenters. The number of benzene rings is 3. The van der Waals surface area contributed by atoms with Crippen molar-refractivity contribution in [1.29, 1.82) is 0 Å². The van der Waals surface area contributed by atoms with Gasteiger partial charge in [0.15, 0.2) is 0 Å². The van der Waals surface area contributed by atoms with Gasteiger partial charge >= 0.3 is 0 Å². The van der Waals surface area contributed by atoms with Crippen LogP contribution < -0.4 is 15.5 Å². The van der Waals surface area contributed by atoms with Crippen LogP contribution in [0.25, 0.3) is 27.4 Å². The number of hydrogen-bond donors (Lipinski definition) is 3. The lowest BCUT2D eigenvalue weighted by molar-refractivity contribution is 0.348. The van der Waals surface area contributed by atoms with Gasteiger partial charge in [-0.2, -0.15) is 4.98 Å². The Bertz CT molecular complexity index is 1600. The fraction of sp³-hybridized carbons (Fsp3) is 0.333. The van der Waals surface area contributed by atoms with Gasteiger partial charge in [0.05, 0.1) is 5.52 Å². The molecule has 0 radical (unpaired) electrons. The Morgan fingerprint density at radius 3 is 2.27 bits per heavy atom. The van der Waals surface area contributed by atoms with Crippen molar-refractivity contribution in [2.24, 2.45) is 0 Å². The maximum atomic E-state index is 10.7. The molecule has 0 saturated heterocycles. The third-order valence-corrected chi connectivity index (χ3v) is 8.22. The molecular formula is C33H38N6O. The van der Waals surface area contributed by atoms with E-state index in [9.17, 15) is 5.11 Å². The number of fused-ring (bicyclic) bond motifs is 2. The molecule has 1 aliphatic rings. The monoisotopic (exact) mass is 534 g/mol. The molecule has 3 N–H and O–H groups in total. The summed E-state index contributed by atoms with van der Waals surface area (Å²) < 4.78 is 1.86. The van der Waals surface area contributed by atoms with Crippen LogP contribution in [0.15, 0.2) is 79.0 Å². The third-order valence-electron chi connectivity index (χ3n) is 8.22. The molecule has 7 heteroatoms. The summed E-state index contributed by atoms with van der Waals surface area (Å²) in [6, 6.07) is 25.6. The molecule has 0 amide bonds. The molecule has 1 aliphatic carbocycles. The van der Waals surface area contributed by atoms with Crippen molar-refractivity contribution < 1.29 is 5.11 Å². The van der Waals surface area contributed by atoms with Gasteiger partial charge in [0.2, 0.25) is 11.8 Å². The molecule has 0 bridgehead atoms. The van der Waals surface area contributed by atoms with E-state index in [0.29, 0.717) is 18.0 Å². The van der Waals surface area contributed by atoms with Crippen molar-refractivity contribution >= 4 is 33.4 Å². The minimum absolute atomic E-state index is 0.286. The molecule has 1 saturated carbocycles. The maximum Gasteiger partial charge on any atom is 0.225 e. The van der Waals surface area contributed by atoms with E-state index in [0.717, 1.165) is 71.4 Å². The molecule has 5 aromatic rings. The zero-order valence-corrected chi connectivity index (χ0v) is 23.5. The molecule has 1 unspecified atom stereocenters. The zero-order valence-electron chi connectivity index (χ0n) is 23.5. The van der Waals surface area contributed by atoms with E-state index < -0.39 is 0 Å². The largest absolute Gasteiger partial charge is 0.494 e. The second kappa shape index (κ2) is 11.2. The highest BCUT2D eigenvalue weighted by Gasteiger charge is 2.23. The summed E-state index contributed by atoms with van der Waals surface area (Å²) >= 11 is 0. The Kier molecular flexibility index (Phi) is 7.30. The highest BCUT2D eigenvalue weighted by atomic mass is 16.3. The van der Waals surface area contributed by atoms with Crippen molar-refractivity contribution in [3.63, 3.8) is 0 Å². The minimum atomic E-state index is 0.286. The van der Waals surface area contributed by atoms with Crippen molar-refractivity contribution in [1.82, 2.24) is 19.9 Å². The van der Waals surface area contributed by atoms with Crippen LogP contribution >= 0.6 is 0 Å². The van der Waals surface area contributed by atoms with E-state index in [4.69, 9.17) is 9.97 Å². The lowest BCUT2D eigenvalue weighted by atomic mass is 9.90. The van der Waals surface area contributed by atoms with Gasteiger partial charge in [-0.3, -0.25) is 4.57 Å². The highest BCUT2D eigenvalue weighted by molar-refractivity contribution is 5.90. The van der Waals surface area contributed by atoms with Crippen molar-refractivity contribution in [3.8, 4) is 11.6 Å². The van der Waals surface area contributed by atoms with Crippen LogP contribution in [0, 0.1) is 0 Å². The van der Waals surface area contributed by atoms with E-state index in [1.165, 1.54) is 5.56 Å². The lowest BCUT2D eigenvalue weighted by Crippen LogP contribution is -2.38. The Labute approximate surface area is 235 Å². The topological polar surface area (TPSA) is 78.2 Å². The first kappa shape index (κ1) is 26.1. The number of hydrogen-bond acceptors (Lipinski definition) is 6. The van der Waals surface area contributed by atoms with Crippen LogP contribution in [0.5, 0.6) is 5.88 Å². The Morgan fingerprint density at radius 1 is 0.875 bits per heavy atom. The summed E-state index contributed by atoms with van der Waals surface area (Å²) in [5, 5.41) is 21.1. The van der Waals surface area contributed by atoms with Crippen LogP contribution in [0.4, 0.5) is 11.8 Å². The Morgan fingerprint density at radius 2 is 1.55 bits per heavy atom. The second-order valence-electron chi connectivity index (χ2n) is 11.3. The molecular weight excluding hydrogens is 496 g/mol. The van der Waals surface area contributed by atoms with E-state index in [2.05, 4.69) is 58.9 Å². The molecule has 206 valence electrons. The first-order valence-electron chi connectivity index (χ1n) is 14.3. The zero-order chi connectivity index (χ0) is 27.6. The smallest absolute Gasteiger partial charge is 0.225 e. The van der Waals surface area contributed by atoms with Gasteiger partial charge in [-0.1, -0.05) is 49.4 Å². The van der Waals surface area contributed by atoms with E-state index in [1.54, 1.807) is 0 Å². The van der Waals surface area contributed by atoms with Crippen molar-refractivity contribution in [3.05, 3.63) is 84.6 Å².